The largest absolute Gasteiger partial charge is 0.371 e. The Morgan fingerprint density at radius 3 is 2.70 bits per heavy atom. The Hall–Kier alpha value is -3.75. The topological polar surface area (TPSA) is 126 Å². The molecule has 138 valence electrons. The van der Waals surface area contributed by atoms with Gasteiger partial charge in [0.1, 0.15) is 5.69 Å². The van der Waals surface area contributed by atoms with E-state index >= 15 is 0 Å². The number of carbonyl (C=O) groups excluding carboxylic acids is 1. The van der Waals surface area contributed by atoms with Crippen LogP contribution in [0.1, 0.15) is 34.7 Å². The zero-order chi connectivity index (χ0) is 19.4. The molecule has 0 spiro atoms. The number of aryl methyl sites for hydroxylation is 1. The number of nitro benzene ring substituents is 1. The Kier molecular flexibility index (Phi) is 5.11. The number of rotatable bonds is 6. The van der Waals surface area contributed by atoms with Gasteiger partial charge in [-0.05, 0) is 38.1 Å². The summed E-state index contributed by atoms with van der Waals surface area (Å²) in [5, 5.41) is 23.8. The fourth-order valence-corrected chi connectivity index (χ4v) is 2.56. The van der Waals surface area contributed by atoms with Crippen LogP contribution in [-0.4, -0.2) is 26.0 Å². The van der Waals surface area contributed by atoms with Gasteiger partial charge in [-0.1, -0.05) is 6.07 Å². The maximum atomic E-state index is 12.3. The number of hydrogen-bond donors (Lipinski definition) is 3. The van der Waals surface area contributed by atoms with Gasteiger partial charge in [-0.25, -0.2) is 0 Å². The van der Waals surface area contributed by atoms with E-state index in [1.165, 1.54) is 18.2 Å². The molecule has 9 heteroatoms. The number of H-pyrrole nitrogens is 1. The van der Waals surface area contributed by atoms with Crippen molar-refractivity contribution >= 4 is 23.1 Å². The number of nitrogens with one attached hydrogen (secondary N) is 3. The van der Waals surface area contributed by atoms with Crippen molar-refractivity contribution in [3.05, 3.63) is 75.7 Å². The van der Waals surface area contributed by atoms with Crippen molar-refractivity contribution in [2.45, 2.75) is 19.9 Å². The summed E-state index contributed by atoms with van der Waals surface area (Å²) >= 11 is 0. The first-order chi connectivity index (χ1) is 12.9. The third-order valence-electron chi connectivity index (χ3n) is 3.91. The lowest BCUT2D eigenvalue weighted by molar-refractivity contribution is -0.384. The maximum absolute atomic E-state index is 12.3. The van der Waals surface area contributed by atoms with Crippen LogP contribution in [0, 0.1) is 17.0 Å². The lowest BCUT2D eigenvalue weighted by Crippen LogP contribution is -2.14. The predicted octanol–water partition coefficient (Wildman–Crippen LogP) is 3.45. The summed E-state index contributed by atoms with van der Waals surface area (Å²) in [6.07, 6.45) is 1.66. The molecular formula is C18H18N6O3. The van der Waals surface area contributed by atoms with Crippen molar-refractivity contribution < 1.29 is 9.72 Å². The lowest BCUT2D eigenvalue weighted by atomic mass is 10.1. The number of benzene rings is 1. The molecule has 0 saturated carbocycles. The molecule has 1 aromatic carbocycles. The van der Waals surface area contributed by atoms with Gasteiger partial charge in [-0.3, -0.25) is 25.0 Å². The average molecular weight is 366 g/mol. The number of carbonyl (C=O) groups is 1. The summed E-state index contributed by atoms with van der Waals surface area (Å²) in [4.78, 5) is 27.5. The van der Waals surface area contributed by atoms with Crippen LogP contribution in [0.15, 0.2) is 48.7 Å². The number of nitrogens with zero attached hydrogens (tertiary/aromatic N) is 3. The van der Waals surface area contributed by atoms with Crippen LogP contribution in [0.25, 0.3) is 0 Å². The molecule has 0 aliphatic heterocycles. The molecule has 3 rings (SSSR count). The highest BCUT2D eigenvalue weighted by Crippen LogP contribution is 2.29. The molecule has 0 bridgehead atoms. The van der Waals surface area contributed by atoms with Gasteiger partial charge in [0.2, 0.25) is 0 Å². The van der Waals surface area contributed by atoms with Gasteiger partial charge in [0.15, 0.2) is 5.82 Å². The summed E-state index contributed by atoms with van der Waals surface area (Å²) in [5.74, 6) is -0.125. The molecular weight excluding hydrogens is 348 g/mol. The van der Waals surface area contributed by atoms with E-state index in [1.807, 2.05) is 19.1 Å². The van der Waals surface area contributed by atoms with Crippen LogP contribution in [0.4, 0.5) is 17.2 Å². The zero-order valence-electron chi connectivity index (χ0n) is 14.8. The first kappa shape index (κ1) is 18.1. The second-order valence-electron chi connectivity index (χ2n) is 6.00. The molecule has 1 atom stereocenters. The smallest absolute Gasteiger partial charge is 0.293 e. The fourth-order valence-electron chi connectivity index (χ4n) is 2.56. The zero-order valence-corrected chi connectivity index (χ0v) is 14.8. The van der Waals surface area contributed by atoms with Crippen LogP contribution >= 0.6 is 0 Å². The first-order valence-corrected chi connectivity index (χ1v) is 8.23. The molecule has 1 amide bonds. The van der Waals surface area contributed by atoms with E-state index in [4.69, 9.17) is 0 Å². The highest BCUT2D eigenvalue weighted by atomic mass is 16.6. The minimum Gasteiger partial charge on any atom is -0.371 e. The van der Waals surface area contributed by atoms with Crippen LogP contribution < -0.4 is 10.6 Å². The Morgan fingerprint density at radius 1 is 1.26 bits per heavy atom. The second kappa shape index (κ2) is 7.65. The van der Waals surface area contributed by atoms with E-state index in [1.54, 1.807) is 25.3 Å². The molecule has 2 aromatic heterocycles. The van der Waals surface area contributed by atoms with Gasteiger partial charge in [0, 0.05) is 29.6 Å². The van der Waals surface area contributed by atoms with Gasteiger partial charge < -0.3 is 10.6 Å². The summed E-state index contributed by atoms with van der Waals surface area (Å²) in [6, 6.07) is 11.2. The standard InChI is InChI=1S/C18H18N6O3/c1-11-9-17(23-22-11)21-18(25)13-6-7-15(16(10-13)24(26)27)20-12(2)14-5-3-4-8-19-14/h3-10,12,20H,1-2H3,(H2,21,22,23,25). The molecule has 27 heavy (non-hydrogen) atoms. The molecule has 0 fully saturated rings. The van der Waals surface area contributed by atoms with Gasteiger partial charge in [0.05, 0.1) is 16.7 Å². The van der Waals surface area contributed by atoms with E-state index < -0.39 is 10.8 Å². The Bertz CT molecular complexity index is 970. The summed E-state index contributed by atoms with van der Waals surface area (Å²) in [6.45, 7) is 3.66. The van der Waals surface area contributed by atoms with E-state index in [0.29, 0.717) is 11.5 Å². The Balaban J connectivity index is 1.82. The monoisotopic (exact) mass is 366 g/mol. The predicted molar refractivity (Wildman–Crippen MR) is 101 cm³/mol. The van der Waals surface area contributed by atoms with Crippen molar-refractivity contribution in [2.75, 3.05) is 10.6 Å². The molecule has 3 aromatic rings. The summed E-state index contributed by atoms with van der Waals surface area (Å²) in [7, 11) is 0. The minimum atomic E-state index is -0.525. The van der Waals surface area contributed by atoms with Crippen molar-refractivity contribution in [1.82, 2.24) is 15.2 Å². The van der Waals surface area contributed by atoms with Crippen molar-refractivity contribution in [2.24, 2.45) is 0 Å². The normalized spacial score (nSPS) is 11.6. The number of pyridine rings is 1. The van der Waals surface area contributed by atoms with Gasteiger partial charge in [-0.15, -0.1) is 0 Å². The number of amides is 1. The van der Waals surface area contributed by atoms with Crippen molar-refractivity contribution in [3.8, 4) is 0 Å². The minimum absolute atomic E-state index is 0.165. The molecule has 0 aliphatic rings. The third kappa shape index (κ3) is 4.27. The van der Waals surface area contributed by atoms with E-state index in [2.05, 4.69) is 25.8 Å². The Morgan fingerprint density at radius 2 is 2.07 bits per heavy atom. The molecule has 9 nitrogen and oxygen atoms in total. The van der Waals surface area contributed by atoms with Gasteiger partial charge in [0.25, 0.3) is 11.6 Å². The van der Waals surface area contributed by atoms with E-state index in [0.717, 1.165) is 11.4 Å². The first-order valence-electron chi connectivity index (χ1n) is 8.23. The van der Waals surface area contributed by atoms with Gasteiger partial charge in [-0.2, -0.15) is 5.10 Å². The van der Waals surface area contributed by atoms with Crippen LogP contribution in [0.2, 0.25) is 0 Å². The van der Waals surface area contributed by atoms with Crippen molar-refractivity contribution in [3.63, 3.8) is 0 Å². The van der Waals surface area contributed by atoms with Crippen LogP contribution in [0.5, 0.6) is 0 Å². The summed E-state index contributed by atoms with van der Waals surface area (Å²) in [5.41, 5.74) is 1.83. The van der Waals surface area contributed by atoms with Crippen LogP contribution in [0.3, 0.4) is 0 Å². The van der Waals surface area contributed by atoms with Crippen LogP contribution in [-0.2, 0) is 0 Å². The van der Waals surface area contributed by atoms with Crippen molar-refractivity contribution in [1.29, 1.82) is 0 Å². The average Bonchev–Trinajstić information content (AvgIpc) is 3.07. The second-order valence-corrected chi connectivity index (χ2v) is 6.00. The quantitative estimate of drug-likeness (QED) is 0.453. The molecule has 3 N–H and O–H groups in total. The number of aromatic amines is 1. The van der Waals surface area contributed by atoms with E-state index in [9.17, 15) is 14.9 Å². The number of nitro groups is 1. The summed E-state index contributed by atoms with van der Waals surface area (Å²) < 4.78 is 0. The SMILES string of the molecule is Cc1cc(NC(=O)c2ccc(NC(C)c3ccccn3)c([N+](=O)[O-])c2)n[nH]1. The van der Waals surface area contributed by atoms with Gasteiger partial charge >= 0.3 is 0 Å². The molecule has 2 heterocycles. The molecule has 0 radical (unpaired) electrons. The number of hydrogen-bond acceptors (Lipinski definition) is 6. The lowest BCUT2D eigenvalue weighted by Gasteiger charge is -2.15. The molecule has 1 unspecified atom stereocenters. The number of anilines is 2. The maximum Gasteiger partial charge on any atom is 0.293 e. The Labute approximate surface area is 155 Å². The highest BCUT2D eigenvalue weighted by Gasteiger charge is 2.20. The highest BCUT2D eigenvalue weighted by molar-refractivity contribution is 6.04. The molecule has 0 aliphatic carbocycles. The fraction of sp³-hybridized carbons (Fsp3) is 0.167. The number of aromatic nitrogens is 3. The van der Waals surface area contributed by atoms with E-state index in [-0.39, 0.29) is 17.3 Å². The third-order valence-corrected chi connectivity index (χ3v) is 3.91. The molecule has 0 saturated heterocycles.